The average molecular weight is 710 g/mol. The molecule has 236 valence electrons. The molecule has 2 atom stereocenters. The first-order chi connectivity index (χ1) is 20.7. The normalized spacial score (nSPS) is 12.6. The maximum Gasteiger partial charge on any atom is 0.273 e. The number of nitrogens with zero attached hydrogens (tertiary/aromatic N) is 3. The number of carbonyl (C=O) groups is 2. The molecule has 0 aliphatic heterocycles. The monoisotopic (exact) mass is 708 g/mol. The van der Waals surface area contributed by atoms with E-state index in [9.17, 15) is 28.1 Å². The number of ether oxygens (including phenoxy) is 1. The lowest BCUT2D eigenvalue weighted by atomic mass is 10.1. The van der Waals surface area contributed by atoms with E-state index >= 15 is 0 Å². The third-order valence-corrected chi connectivity index (χ3v) is 9.55. The number of nitrogens with one attached hydrogen (secondary N) is 1. The zero-order valence-corrected chi connectivity index (χ0v) is 28.1. The number of aryl methyl sites for hydroxylation is 1. The Morgan fingerprint density at radius 2 is 1.82 bits per heavy atom. The number of hydrogen-bond acceptors (Lipinski definition) is 7. The Kier molecular flexibility index (Phi) is 11.8. The van der Waals surface area contributed by atoms with E-state index in [-0.39, 0.29) is 34.6 Å². The summed E-state index contributed by atoms with van der Waals surface area (Å²) in [4.78, 5) is 39.2. The molecule has 3 aromatic carbocycles. The Bertz CT molecular complexity index is 1650. The maximum atomic E-state index is 14.2. The fourth-order valence-corrected chi connectivity index (χ4v) is 6.38. The number of rotatable bonds is 13. The van der Waals surface area contributed by atoms with Crippen LogP contribution in [0.3, 0.4) is 0 Å². The van der Waals surface area contributed by atoms with Gasteiger partial charge in [-0.05, 0) is 69.2 Å². The highest BCUT2D eigenvalue weighted by molar-refractivity contribution is 9.10. The van der Waals surface area contributed by atoms with Crippen LogP contribution in [0.5, 0.6) is 5.75 Å². The van der Waals surface area contributed by atoms with Gasteiger partial charge in [0.25, 0.3) is 15.7 Å². The third-order valence-electron chi connectivity index (χ3n) is 7.06. The highest BCUT2D eigenvalue weighted by Crippen LogP contribution is 2.36. The molecule has 0 fully saturated rings. The highest BCUT2D eigenvalue weighted by Gasteiger charge is 2.35. The van der Waals surface area contributed by atoms with Crippen LogP contribution in [-0.4, -0.2) is 55.8 Å². The summed E-state index contributed by atoms with van der Waals surface area (Å²) in [6.07, 6.45) is 0.668. The summed E-state index contributed by atoms with van der Waals surface area (Å²) in [6.45, 7) is 6.03. The summed E-state index contributed by atoms with van der Waals surface area (Å²) in [5.74, 6) is -1.02. The molecule has 0 radical (unpaired) electrons. The molecule has 0 saturated heterocycles. The second kappa shape index (κ2) is 14.9. The van der Waals surface area contributed by atoms with Crippen molar-refractivity contribution in [1.29, 1.82) is 0 Å². The fourth-order valence-electron chi connectivity index (χ4n) is 4.33. The molecule has 0 unspecified atom stereocenters. The Morgan fingerprint density at radius 1 is 1.11 bits per heavy atom. The van der Waals surface area contributed by atoms with Crippen LogP contribution in [0.25, 0.3) is 0 Å². The van der Waals surface area contributed by atoms with E-state index in [1.54, 1.807) is 25.1 Å². The minimum atomic E-state index is -4.62. The van der Waals surface area contributed by atoms with Crippen molar-refractivity contribution in [3.8, 4) is 5.75 Å². The quantitative estimate of drug-likeness (QED) is 0.173. The molecule has 11 nitrogen and oxygen atoms in total. The van der Waals surface area contributed by atoms with E-state index < -0.39 is 49.9 Å². The van der Waals surface area contributed by atoms with Crippen molar-refractivity contribution in [2.24, 2.45) is 0 Å². The van der Waals surface area contributed by atoms with E-state index in [4.69, 9.17) is 16.3 Å². The van der Waals surface area contributed by atoms with Gasteiger partial charge in [0.1, 0.15) is 18.3 Å². The lowest BCUT2D eigenvalue weighted by molar-refractivity contribution is -0.385. The fraction of sp³-hybridized carbons (Fsp3) is 0.333. The first kappa shape index (κ1) is 34.8. The SMILES string of the molecule is CC[C@@H](C)NC(=O)[C@@H](C)N(Cc1cccc(Br)c1)C(=O)CN(c1cc(Cl)ccc1OC)S(=O)(=O)c1ccc(C)c([N+](=O)[O-])c1. The number of sulfonamides is 1. The largest absolute Gasteiger partial charge is 0.495 e. The van der Waals surface area contributed by atoms with Crippen LogP contribution in [0.2, 0.25) is 5.02 Å². The number of methoxy groups -OCH3 is 1. The van der Waals surface area contributed by atoms with Crippen LogP contribution in [0.1, 0.15) is 38.3 Å². The number of carbonyl (C=O) groups excluding carboxylic acids is 2. The summed E-state index contributed by atoms with van der Waals surface area (Å²) >= 11 is 9.68. The zero-order chi connectivity index (χ0) is 32.8. The molecule has 44 heavy (non-hydrogen) atoms. The average Bonchev–Trinajstić information content (AvgIpc) is 2.97. The maximum absolute atomic E-state index is 14.2. The van der Waals surface area contributed by atoms with Gasteiger partial charge >= 0.3 is 0 Å². The van der Waals surface area contributed by atoms with E-state index in [2.05, 4.69) is 21.2 Å². The molecule has 2 amide bonds. The molecule has 0 saturated carbocycles. The second-order valence-electron chi connectivity index (χ2n) is 10.2. The first-order valence-corrected chi connectivity index (χ1v) is 16.3. The van der Waals surface area contributed by atoms with Crippen molar-refractivity contribution in [2.75, 3.05) is 18.0 Å². The lowest BCUT2D eigenvalue weighted by Crippen LogP contribution is -2.52. The van der Waals surface area contributed by atoms with Gasteiger partial charge < -0.3 is 15.0 Å². The summed E-state index contributed by atoms with van der Waals surface area (Å²) in [5.41, 5.74) is 0.496. The summed E-state index contributed by atoms with van der Waals surface area (Å²) in [6, 6.07) is 13.8. The Morgan fingerprint density at radius 3 is 2.43 bits per heavy atom. The Labute approximate surface area is 270 Å². The minimum Gasteiger partial charge on any atom is -0.495 e. The van der Waals surface area contributed by atoms with E-state index in [1.165, 1.54) is 49.3 Å². The van der Waals surface area contributed by atoms with Crippen LogP contribution in [0.4, 0.5) is 11.4 Å². The van der Waals surface area contributed by atoms with Crippen LogP contribution < -0.4 is 14.4 Å². The number of amides is 2. The Balaban J connectivity index is 2.16. The van der Waals surface area contributed by atoms with Gasteiger partial charge in [-0.15, -0.1) is 0 Å². The lowest BCUT2D eigenvalue weighted by Gasteiger charge is -2.33. The number of benzene rings is 3. The molecule has 0 aromatic heterocycles. The van der Waals surface area contributed by atoms with E-state index in [0.717, 1.165) is 14.8 Å². The summed E-state index contributed by atoms with van der Waals surface area (Å²) in [7, 11) is -3.29. The topological polar surface area (TPSA) is 139 Å². The van der Waals surface area contributed by atoms with E-state index in [1.807, 2.05) is 19.9 Å². The number of halogens is 2. The predicted molar refractivity (Wildman–Crippen MR) is 172 cm³/mol. The van der Waals surface area contributed by atoms with E-state index in [0.29, 0.717) is 12.0 Å². The number of nitro groups is 1. The molecule has 0 aliphatic rings. The van der Waals surface area contributed by atoms with Crippen molar-refractivity contribution in [2.45, 2.75) is 57.6 Å². The van der Waals surface area contributed by atoms with Crippen molar-refractivity contribution in [3.05, 3.63) is 91.4 Å². The van der Waals surface area contributed by atoms with Gasteiger partial charge in [0, 0.05) is 33.7 Å². The molecule has 3 rings (SSSR count). The molecule has 0 bridgehead atoms. The Hall–Kier alpha value is -3.68. The van der Waals surface area contributed by atoms with Gasteiger partial charge in [-0.3, -0.25) is 24.0 Å². The molecule has 14 heteroatoms. The van der Waals surface area contributed by atoms with Crippen LogP contribution in [-0.2, 0) is 26.2 Å². The van der Waals surface area contributed by atoms with Gasteiger partial charge in [-0.2, -0.15) is 0 Å². The first-order valence-electron chi connectivity index (χ1n) is 13.6. The van der Waals surface area contributed by atoms with Crippen molar-refractivity contribution < 1.29 is 27.7 Å². The van der Waals surface area contributed by atoms with Crippen LogP contribution in [0.15, 0.2) is 70.0 Å². The predicted octanol–water partition coefficient (Wildman–Crippen LogP) is 5.86. The van der Waals surface area contributed by atoms with Crippen molar-refractivity contribution in [1.82, 2.24) is 10.2 Å². The zero-order valence-electron chi connectivity index (χ0n) is 24.9. The smallest absolute Gasteiger partial charge is 0.273 e. The number of nitro benzene ring substituents is 1. The van der Waals surface area contributed by atoms with Crippen molar-refractivity contribution >= 4 is 60.7 Å². The molecular formula is C30H34BrClN4O7S. The van der Waals surface area contributed by atoms with Crippen LogP contribution in [0, 0.1) is 17.0 Å². The van der Waals surface area contributed by atoms with Gasteiger partial charge in [0.2, 0.25) is 11.8 Å². The molecule has 0 spiro atoms. The molecular weight excluding hydrogens is 676 g/mol. The van der Waals surface area contributed by atoms with Gasteiger partial charge in [0.15, 0.2) is 0 Å². The molecule has 3 aromatic rings. The van der Waals surface area contributed by atoms with Crippen molar-refractivity contribution in [3.63, 3.8) is 0 Å². The summed E-state index contributed by atoms with van der Waals surface area (Å²) < 4.78 is 35.4. The molecule has 0 aliphatic carbocycles. The minimum absolute atomic E-state index is 0.00998. The summed E-state index contributed by atoms with van der Waals surface area (Å²) in [5, 5.41) is 14.7. The molecule has 0 heterocycles. The molecule has 1 N–H and O–H groups in total. The van der Waals surface area contributed by atoms with Gasteiger partial charge in [-0.1, -0.05) is 52.7 Å². The third kappa shape index (κ3) is 8.27. The second-order valence-corrected chi connectivity index (χ2v) is 13.4. The number of anilines is 1. The van der Waals surface area contributed by atoms with Gasteiger partial charge in [0.05, 0.1) is 22.6 Å². The standard InChI is InChI=1S/C30H34BrClN4O7S/c1-6-20(3)33-30(38)21(4)34(17-22-8-7-9-23(31)14-22)29(37)18-35(27-15-24(32)11-13-28(27)43-5)44(41,42)25-12-10-19(2)26(16-25)36(39)40/h7-16,20-21H,6,17-18H2,1-5H3,(H,33,38)/t20-,21-/m1/s1. The van der Waals surface area contributed by atoms with Crippen LogP contribution >= 0.6 is 27.5 Å². The number of hydrogen-bond donors (Lipinski definition) is 1. The van der Waals surface area contributed by atoms with Gasteiger partial charge in [-0.25, -0.2) is 8.42 Å². The highest BCUT2D eigenvalue weighted by atomic mass is 79.9.